The number of aryl methyl sites for hydroxylation is 1. The molecule has 0 bridgehead atoms. The Balaban J connectivity index is 1.80. The first-order valence-electron chi connectivity index (χ1n) is 7.92. The fraction of sp³-hybridized carbons (Fsp3) is 0.412. The number of amides is 2. The average Bonchev–Trinajstić information content (AvgIpc) is 2.99. The molecule has 1 N–H and O–H groups in total. The molecule has 0 spiro atoms. The van der Waals surface area contributed by atoms with Crippen LogP contribution in [0.25, 0.3) is 10.9 Å². The van der Waals surface area contributed by atoms with Gasteiger partial charge in [0.05, 0.1) is 0 Å². The van der Waals surface area contributed by atoms with E-state index in [0.29, 0.717) is 31.9 Å². The van der Waals surface area contributed by atoms with Gasteiger partial charge in [-0.3, -0.25) is 9.59 Å². The summed E-state index contributed by atoms with van der Waals surface area (Å²) in [5.74, 6) is -0.279. The predicted molar refractivity (Wildman–Crippen MR) is 87.2 cm³/mol. The number of hydrogen-bond acceptors (Lipinski definition) is 3. The lowest BCUT2D eigenvalue weighted by atomic mass is 10.2. The second kappa shape index (κ2) is 6.42. The van der Waals surface area contributed by atoms with Crippen molar-refractivity contribution in [3.63, 3.8) is 0 Å². The van der Waals surface area contributed by atoms with Crippen LogP contribution in [0.2, 0.25) is 0 Å². The molecule has 2 amide bonds. The van der Waals surface area contributed by atoms with Gasteiger partial charge in [0, 0.05) is 43.6 Å². The molecule has 0 saturated carbocycles. The van der Waals surface area contributed by atoms with Gasteiger partial charge in [-0.15, -0.1) is 0 Å². The summed E-state index contributed by atoms with van der Waals surface area (Å²) < 4.78 is 2.03. The van der Waals surface area contributed by atoms with Crippen LogP contribution in [0.3, 0.4) is 0 Å². The van der Waals surface area contributed by atoms with Gasteiger partial charge in [-0.1, -0.05) is 18.2 Å². The minimum atomic E-state index is -0.474. The first-order chi connectivity index (χ1) is 11.2. The Morgan fingerprint density at radius 3 is 2.39 bits per heavy atom. The quantitative estimate of drug-likeness (QED) is 0.917. The molecule has 0 aliphatic carbocycles. The van der Waals surface area contributed by atoms with Gasteiger partial charge in [-0.05, 0) is 19.1 Å². The lowest BCUT2D eigenvalue weighted by Crippen LogP contribution is -2.51. The summed E-state index contributed by atoms with van der Waals surface area (Å²) in [4.78, 5) is 27.7. The second-order valence-electron chi connectivity index (χ2n) is 5.66. The molecule has 2 heterocycles. The number of benzene rings is 1. The first kappa shape index (κ1) is 15.6. The van der Waals surface area contributed by atoms with E-state index in [1.807, 2.05) is 41.8 Å². The summed E-state index contributed by atoms with van der Waals surface area (Å²) in [6.45, 7) is 4.22. The van der Waals surface area contributed by atoms with Crippen molar-refractivity contribution >= 4 is 22.7 Å². The van der Waals surface area contributed by atoms with Crippen molar-refractivity contribution in [2.75, 3.05) is 32.8 Å². The second-order valence-corrected chi connectivity index (χ2v) is 5.66. The Morgan fingerprint density at radius 2 is 1.74 bits per heavy atom. The summed E-state index contributed by atoms with van der Waals surface area (Å²) in [5.41, 5.74) is 1.75. The molecule has 1 saturated heterocycles. The normalized spacial score (nSPS) is 15.2. The number of aliphatic hydroxyl groups excluding tert-OH is 1. The highest BCUT2D eigenvalue weighted by atomic mass is 16.3. The third-order valence-electron chi connectivity index (χ3n) is 4.40. The van der Waals surface area contributed by atoms with E-state index in [4.69, 9.17) is 5.11 Å². The minimum absolute atomic E-state index is 0.000789. The number of carbonyl (C=O) groups excluding carboxylic acids is 2. The molecule has 1 fully saturated rings. The summed E-state index contributed by atoms with van der Waals surface area (Å²) in [6.07, 6.45) is 0. The van der Waals surface area contributed by atoms with Gasteiger partial charge in [-0.2, -0.15) is 0 Å². The topological polar surface area (TPSA) is 65.8 Å². The Morgan fingerprint density at radius 1 is 1.09 bits per heavy atom. The summed E-state index contributed by atoms with van der Waals surface area (Å²) >= 11 is 0. The van der Waals surface area contributed by atoms with Crippen LogP contribution in [0.5, 0.6) is 0 Å². The maximum absolute atomic E-state index is 12.8. The highest BCUT2D eigenvalue weighted by molar-refractivity contribution is 5.99. The molecule has 1 aliphatic rings. The molecule has 1 aromatic heterocycles. The Kier molecular flexibility index (Phi) is 4.34. The van der Waals surface area contributed by atoms with Crippen LogP contribution in [0.15, 0.2) is 30.3 Å². The molecule has 2 aromatic rings. The number of rotatable bonds is 3. The van der Waals surface area contributed by atoms with Gasteiger partial charge in [0.1, 0.15) is 12.3 Å². The molecule has 0 radical (unpaired) electrons. The van der Waals surface area contributed by atoms with E-state index in [9.17, 15) is 9.59 Å². The Bertz CT molecular complexity index is 730. The smallest absolute Gasteiger partial charge is 0.270 e. The first-order valence-corrected chi connectivity index (χ1v) is 7.92. The van der Waals surface area contributed by atoms with E-state index in [1.54, 1.807) is 9.80 Å². The highest BCUT2D eigenvalue weighted by Gasteiger charge is 2.26. The van der Waals surface area contributed by atoms with Gasteiger partial charge in [0.2, 0.25) is 5.91 Å². The van der Waals surface area contributed by atoms with Crippen LogP contribution in [-0.2, 0) is 11.3 Å². The standard InChI is InChI=1S/C17H21N3O3/c1-2-20-14-6-4-3-5-13(14)11-15(20)17(23)19-9-7-18(8-10-19)16(22)12-21/h3-6,11,21H,2,7-10,12H2,1H3. The van der Waals surface area contributed by atoms with Crippen molar-refractivity contribution in [3.8, 4) is 0 Å². The Labute approximate surface area is 134 Å². The van der Waals surface area contributed by atoms with E-state index < -0.39 is 6.61 Å². The molecule has 0 unspecified atom stereocenters. The lowest BCUT2D eigenvalue weighted by molar-refractivity contribution is -0.135. The monoisotopic (exact) mass is 315 g/mol. The van der Waals surface area contributed by atoms with Crippen LogP contribution >= 0.6 is 0 Å². The largest absolute Gasteiger partial charge is 0.387 e. The van der Waals surface area contributed by atoms with Crippen molar-refractivity contribution in [2.45, 2.75) is 13.5 Å². The van der Waals surface area contributed by atoms with Crippen molar-refractivity contribution in [1.82, 2.24) is 14.4 Å². The predicted octanol–water partition coefficient (Wildman–Crippen LogP) is 0.938. The lowest BCUT2D eigenvalue weighted by Gasteiger charge is -2.34. The number of nitrogens with zero attached hydrogens (tertiary/aromatic N) is 3. The number of para-hydroxylation sites is 1. The van der Waals surface area contributed by atoms with Crippen LogP contribution in [-0.4, -0.2) is 64.1 Å². The summed E-state index contributed by atoms with van der Waals surface area (Å²) in [5, 5.41) is 9.98. The van der Waals surface area contributed by atoms with E-state index in [1.165, 1.54) is 0 Å². The van der Waals surface area contributed by atoms with E-state index in [0.717, 1.165) is 17.4 Å². The molecule has 122 valence electrons. The van der Waals surface area contributed by atoms with E-state index in [2.05, 4.69) is 0 Å². The zero-order chi connectivity index (χ0) is 16.4. The van der Waals surface area contributed by atoms with Gasteiger partial charge >= 0.3 is 0 Å². The van der Waals surface area contributed by atoms with Crippen LogP contribution < -0.4 is 0 Å². The summed E-state index contributed by atoms with van der Waals surface area (Å²) in [6, 6.07) is 9.91. The maximum Gasteiger partial charge on any atom is 0.270 e. The van der Waals surface area contributed by atoms with Gasteiger partial charge in [-0.25, -0.2) is 0 Å². The molecule has 6 nitrogen and oxygen atoms in total. The molecule has 23 heavy (non-hydrogen) atoms. The van der Waals surface area contributed by atoms with Crippen molar-refractivity contribution < 1.29 is 14.7 Å². The fourth-order valence-electron chi connectivity index (χ4n) is 3.15. The van der Waals surface area contributed by atoms with E-state index >= 15 is 0 Å². The molecule has 1 aromatic carbocycles. The fourth-order valence-corrected chi connectivity index (χ4v) is 3.15. The summed E-state index contributed by atoms with van der Waals surface area (Å²) in [7, 11) is 0. The van der Waals surface area contributed by atoms with Crippen LogP contribution in [0.1, 0.15) is 17.4 Å². The zero-order valence-electron chi connectivity index (χ0n) is 13.2. The zero-order valence-corrected chi connectivity index (χ0v) is 13.2. The van der Waals surface area contributed by atoms with Crippen molar-refractivity contribution in [3.05, 3.63) is 36.0 Å². The van der Waals surface area contributed by atoms with E-state index in [-0.39, 0.29) is 11.8 Å². The highest BCUT2D eigenvalue weighted by Crippen LogP contribution is 2.21. The number of piperazine rings is 1. The number of aromatic nitrogens is 1. The molecule has 0 atom stereocenters. The number of hydrogen-bond donors (Lipinski definition) is 1. The average molecular weight is 315 g/mol. The van der Waals surface area contributed by atoms with Gasteiger partial charge in [0.15, 0.2) is 0 Å². The van der Waals surface area contributed by atoms with Gasteiger partial charge < -0.3 is 19.5 Å². The third kappa shape index (κ3) is 2.82. The number of carbonyl (C=O) groups is 2. The maximum atomic E-state index is 12.8. The SMILES string of the molecule is CCn1c(C(=O)N2CCN(C(=O)CO)CC2)cc2ccccc21. The molecular weight excluding hydrogens is 294 g/mol. The molecule has 3 rings (SSSR count). The molecule has 6 heteroatoms. The molecular formula is C17H21N3O3. The van der Waals surface area contributed by atoms with Crippen molar-refractivity contribution in [2.24, 2.45) is 0 Å². The van der Waals surface area contributed by atoms with Crippen molar-refractivity contribution in [1.29, 1.82) is 0 Å². The van der Waals surface area contributed by atoms with Crippen LogP contribution in [0.4, 0.5) is 0 Å². The van der Waals surface area contributed by atoms with Gasteiger partial charge in [0.25, 0.3) is 5.91 Å². The third-order valence-corrected chi connectivity index (χ3v) is 4.40. The molecule has 1 aliphatic heterocycles. The Hall–Kier alpha value is -2.34. The number of fused-ring (bicyclic) bond motifs is 1. The number of aliphatic hydroxyl groups is 1. The minimum Gasteiger partial charge on any atom is -0.387 e. The van der Waals surface area contributed by atoms with Crippen LogP contribution in [0, 0.1) is 0 Å².